The molecule has 26 heavy (non-hydrogen) atoms. The first-order valence-corrected chi connectivity index (χ1v) is 9.17. The fraction of sp³-hybridized carbons (Fsp3) is 0.250. The van der Waals surface area contributed by atoms with Gasteiger partial charge >= 0.3 is 0 Å². The van der Waals surface area contributed by atoms with E-state index >= 15 is 0 Å². The maximum Gasteiger partial charge on any atom is 0.291 e. The molecule has 0 aliphatic rings. The van der Waals surface area contributed by atoms with Gasteiger partial charge in [0, 0.05) is 34.1 Å². The number of nitrogens with zero attached hydrogens (tertiary/aromatic N) is 3. The van der Waals surface area contributed by atoms with E-state index in [0.29, 0.717) is 21.3 Å². The van der Waals surface area contributed by atoms with Crippen molar-refractivity contribution in [2.24, 2.45) is 0 Å². The van der Waals surface area contributed by atoms with Gasteiger partial charge in [-0.2, -0.15) is 0 Å². The van der Waals surface area contributed by atoms with E-state index < -0.39 is 0 Å². The molecule has 1 aromatic heterocycles. The summed E-state index contributed by atoms with van der Waals surface area (Å²) in [6.45, 7) is 4.03. The van der Waals surface area contributed by atoms with E-state index in [2.05, 4.69) is 9.97 Å². The lowest BCUT2D eigenvalue weighted by atomic mass is 10.1. The van der Waals surface area contributed by atoms with Crippen LogP contribution in [0.15, 0.2) is 42.5 Å². The molecule has 0 bridgehead atoms. The number of hydrogen-bond acceptors (Lipinski definition) is 3. The van der Waals surface area contributed by atoms with Crippen molar-refractivity contribution in [2.75, 3.05) is 7.05 Å². The Hall–Kier alpha value is -2.17. The Morgan fingerprint density at radius 2 is 1.88 bits per heavy atom. The van der Waals surface area contributed by atoms with Gasteiger partial charge < -0.3 is 4.90 Å². The molecule has 1 amide bonds. The molecule has 0 aliphatic carbocycles. The summed E-state index contributed by atoms with van der Waals surface area (Å²) in [5.74, 6) is -0.0676. The molecular formula is C20H19Cl2N3O. The molecule has 4 nitrogen and oxygen atoms in total. The lowest BCUT2D eigenvalue weighted by Crippen LogP contribution is -2.35. The average Bonchev–Trinajstić information content (AvgIpc) is 2.66. The second-order valence-electron chi connectivity index (χ2n) is 6.21. The van der Waals surface area contributed by atoms with Crippen LogP contribution in [0, 0.1) is 0 Å². The SMILES string of the molecule is CCC(C)N(C)C(=O)c1nc(-c2ccccc2Cl)c2cc(Cl)ccc2n1. The van der Waals surface area contributed by atoms with Crippen LogP contribution in [0.4, 0.5) is 0 Å². The minimum atomic E-state index is -0.218. The van der Waals surface area contributed by atoms with Crippen molar-refractivity contribution in [3.8, 4) is 11.3 Å². The van der Waals surface area contributed by atoms with Crippen LogP contribution in [-0.2, 0) is 0 Å². The first-order valence-electron chi connectivity index (χ1n) is 8.41. The van der Waals surface area contributed by atoms with Crippen molar-refractivity contribution in [3.63, 3.8) is 0 Å². The summed E-state index contributed by atoms with van der Waals surface area (Å²) in [4.78, 5) is 23.6. The Labute approximate surface area is 162 Å². The normalized spacial score (nSPS) is 12.2. The highest BCUT2D eigenvalue weighted by Crippen LogP contribution is 2.32. The van der Waals surface area contributed by atoms with E-state index in [1.165, 1.54) is 0 Å². The lowest BCUT2D eigenvalue weighted by molar-refractivity contribution is 0.0728. The quantitative estimate of drug-likeness (QED) is 0.595. The fourth-order valence-corrected chi connectivity index (χ4v) is 3.08. The maximum atomic E-state index is 12.9. The molecule has 1 atom stereocenters. The van der Waals surface area contributed by atoms with Gasteiger partial charge in [-0.25, -0.2) is 9.97 Å². The first kappa shape index (κ1) is 18.6. The van der Waals surface area contributed by atoms with Crippen molar-refractivity contribution in [1.29, 1.82) is 0 Å². The highest BCUT2D eigenvalue weighted by atomic mass is 35.5. The summed E-state index contributed by atoms with van der Waals surface area (Å²) in [6, 6.07) is 12.8. The Morgan fingerprint density at radius 1 is 1.15 bits per heavy atom. The summed E-state index contributed by atoms with van der Waals surface area (Å²) in [6.07, 6.45) is 0.850. The molecule has 0 fully saturated rings. The van der Waals surface area contributed by atoms with Gasteiger partial charge in [0.1, 0.15) is 0 Å². The molecule has 0 aliphatic heterocycles. The minimum absolute atomic E-state index is 0.0933. The minimum Gasteiger partial charge on any atom is -0.336 e. The second-order valence-corrected chi connectivity index (χ2v) is 7.05. The molecule has 2 aromatic carbocycles. The Morgan fingerprint density at radius 3 is 2.58 bits per heavy atom. The molecule has 134 valence electrons. The predicted octanol–water partition coefficient (Wildman–Crippen LogP) is 5.47. The summed E-state index contributed by atoms with van der Waals surface area (Å²) < 4.78 is 0. The molecule has 0 saturated heterocycles. The van der Waals surface area contributed by atoms with Crippen LogP contribution >= 0.6 is 23.2 Å². The third kappa shape index (κ3) is 3.53. The van der Waals surface area contributed by atoms with Crippen LogP contribution in [0.25, 0.3) is 22.2 Å². The zero-order valence-corrected chi connectivity index (χ0v) is 16.3. The van der Waals surface area contributed by atoms with Crippen molar-refractivity contribution >= 4 is 40.0 Å². The largest absolute Gasteiger partial charge is 0.336 e. The van der Waals surface area contributed by atoms with Gasteiger partial charge in [0.05, 0.1) is 11.2 Å². The van der Waals surface area contributed by atoms with E-state index in [4.69, 9.17) is 23.2 Å². The highest BCUT2D eigenvalue weighted by Gasteiger charge is 2.22. The van der Waals surface area contributed by atoms with Crippen LogP contribution in [0.3, 0.4) is 0 Å². The highest BCUT2D eigenvalue weighted by molar-refractivity contribution is 6.34. The van der Waals surface area contributed by atoms with Crippen LogP contribution in [0.1, 0.15) is 30.9 Å². The standard InChI is InChI=1S/C20H19Cl2N3O/c1-4-12(2)25(3)20(26)19-23-17-10-9-13(21)11-15(17)18(24-19)14-7-5-6-8-16(14)22/h5-12H,4H2,1-3H3. The first-order chi connectivity index (χ1) is 12.4. The Balaban J connectivity index is 2.23. The molecule has 6 heteroatoms. The smallest absolute Gasteiger partial charge is 0.291 e. The Bertz CT molecular complexity index is 974. The molecular weight excluding hydrogens is 369 g/mol. The number of aromatic nitrogens is 2. The zero-order chi connectivity index (χ0) is 18.8. The number of carbonyl (C=O) groups excluding carboxylic acids is 1. The number of halogens is 2. The van der Waals surface area contributed by atoms with Crippen molar-refractivity contribution in [3.05, 3.63) is 58.3 Å². The predicted molar refractivity (Wildman–Crippen MR) is 107 cm³/mol. The lowest BCUT2D eigenvalue weighted by Gasteiger charge is -2.23. The van der Waals surface area contributed by atoms with Crippen LogP contribution in [-0.4, -0.2) is 33.9 Å². The molecule has 0 saturated carbocycles. The van der Waals surface area contributed by atoms with Crippen LogP contribution in [0.5, 0.6) is 0 Å². The van der Waals surface area contributed by atoms with Crippen molar-refractivity contribution in [2.45, 2.75) is 26.3 Å². The molecule has 3 aromatic rings. The fourth-order valence-electron chi connectivity index (χ4n) is 2.69. The van der Waals surface area contributed by atoms with Crippen LogP contribution < -0.4 is 0 Å². The van der Waals surface area contributed by atoms with Gasteiger partial charge in [-0.05, 0) is 37.6 Å². The summed E-state index contributed by atoms with van der Waals surface area (Å²) in [7, 11) is 1.76. The number of carbonyl (C=O) groups is 1. The monoisotopic (exact) mass is 387 g/mol. The third-order valence-corrected chi connectivity index (χ3v) is 5.12. The van der Waals surface area contributed by atoms with Gasteiger partial charge in [-0.3, -0.25) is 4.79 Å². The van der Waals surface area contributed by atoms with Crippen LogP contribution in [0.2, 0.25) is 10.0 Å². The molecule has 1 unspecified atom stereocenters. The summed E-state index contributed by atoms with van der Waals surface area (Å²) in [5, 5.41) is 1.89. The van der Waals surface area contributed by atoms with Crippen molar-refractivity contribution in [1.82, 2.24) is 14.9 Å². The molecule has 1 heterocycles. The van der Waals surface area contributed by atoms with Gasteiger partial charge in [0.2, 0.25) is 5.82 Å². The van der Waals surface area contributed by atoms with Gasteiger partial charge in [0.15, 0.2) is 0 Å². The zero-order valence-electron chi connectivity index (χ0n) is 14.8. The Kier molecular flexibility index (Phi) is 5.44. The average molecular weight is 388 g/mol. The van der Waals surface area contributed by atoms with E-state index in [9.17, 15) is 4.79 Å². The van der Waals surface area contributed by atoms with E-state index in [-0.39, 0.29) is 17.8 Å². The number of benzene rings is 2. The number of amides is 1. The van der Waals surface area contributed by atoms with E-state index in [1.54, 1.807) is 36.2 Å². The number of hydrogen-bond donors (Lipinski definition) is 0. The van der Waals surface area contributed by atoms with Crippen molar-refractivity contribution < 1.29 is 4.79 Å². The number of rotatable bonds is 4. The third-order valence-electron chi connectivity index (χ3n) is 4.55. The summed E-state index contributed by atoms with van der Waals surface area (Å²) >= 11 is 12.5. The molecule has 0 N–H and O–H groups in total. The van der Waals surface area contributed by atoms with E-state index in [1.807, 2.05) is 32.0 Å². The van der Waals surface area contributed by atoms with Gasteiger partial charge in [-0.1, -0.05) is 48.3 Å². The molecule has 0 radical (unpaired) electrons. The van der Waals surface area contributed by atoms with Gasteiger partial charge in [-0.15, -0.1) is 0 Å². The summed E-state index contributed by atoms with van der Waals surface area (Å²) in [5.41, 5.74) is 1.99. The number of fused-ring (bicyclic) bond motifs is 1. The van der Waals surface area contributed by atoms with Gasteiger partial charge in [0.25, 0.3) is 5.91 Å². The molecule has 3 rings (SSSR count). The topological polar surface area (TPSA) is 46.1 Å². The second kappa shape index (κ2) is 7.60. The van der Waals surface area contributed by atoms with E-state index in [0.717, 1.165) is 17.4 Å². The molecule has 0 spiro atoms. The maximum absolute atomic E-state index is 12.9.